The molecule has 1 aliphatic rings. The highest BCUT2D eigenvalue weighted by atomic mass is 14.9. The van der Waals surface area contributed by atoms with Gasteiger partial charge in [0.15, 0.2) is 0 Å². The molecule has 0 bridgehead atoms. The van der Waals surface area contributed by atoms with Crippen molar-refractivity contribution in [2.45, 2.75) is 32.7 Å². The van der Waals surface area contributed by atoms with Gasteiger partial charge in [0.05, 0.1) is 16.9 Å². The summed E-state index contributed by atoms with van der Waals surface area (Å²) in [4.78, 5) is 4.29. The quantitative estimate of drug-likeness (QED) is 0.825. The van der Waals surface area contributed by atoms with E-state index in [2.05, 4.69) is 16.4 Å². The molecule has 0 saturated heterocycles. The molecule has 0 radical (unpaired) electrons. The van der Waals surface area contributed by atoms with Gasteiger partial charge in [0, 0.05) is 18.3 Å². The second-order valence-corrected chi connectivity index (χ2v) is 4.77. The van der Waals surface area contributed by atoms with Crippen LogP contribution in [0.2, 0.25) is 0 Å². The summed E-state index contributed by atoms with van der Waals surface area (Å²) in [6.45, 7) is 4.51. The Morgan fingerprint density at radius 3 is 2.88 bits per heavy atom. The number of anilines is 1. The molecule has 1 atom stereocenters. The van der Waals surface area contributed by atoms with Crippen molar-refractivity contribution in [2.75, 3.05) is 11.9 Å². The second kappa shape index (κ2) is 4.72. The zero-order valence-corrected chi connectivity index (χ0v) is 10.3. The number of hydrogen-bond donors (Lipinski definition) is 2. The van der Waals surface area contributed by atoms with Crippen molar-refractivity contribution in [3.05, 3.63) is 23.0 Å². The first-order valence-electron chi connectivity index (χ1n) is 5.99. The van der Waals surface area contributed by atoms with Crippen LogP contribution in [0, 0.1) is 31.1 Å². The maximum Gasteiger partial charge on any atom is 0.103 e. The number of pyridine rings is 1. The Balaban J connectivity index is 2.11. The van der Waals surface area contributed by atoms with Crippen LogP contribution in [0.4, 0.5) is 5.69 Å². The van der Waals surface area contributed by atoms with E-state index in [4.69, 9.17) is 11.0 Å². The van der Waals surface area contributed by atoms with Crippen molar-refractivity contribution in [2.24, 2.45) is 11.7 Å². The summed E-state index contributed by atoms with van der Waals surface area (Å²) in [5.74, 6) is 0.664. The molecule has 1 heterocycles. The van der Waals surface area contributed by atoms with Crippen molar-refractivity contribution >= 4 is 5.69 Å². The van der Waals surface area contributed by atoms with Gasteiger partial charge < -0.3 is 11.1 Å². The van der Waals surface area contributed by atoms with Crippen LogP contribution in [0.15, 0.2) is 6.07 Å². The molecule has 2 rings (SSSR count). The average molecular weight is 230 g/mol. The molecule has 1 fully saturated rings. The molecule has 0 aliphatic heterocycles. The topological polar surface area (TPSA) is 74.7 Å². The molecule has 0 amide bonds. The van der Waals surface area contributed by atoms with Gasteiger partial charge in [-0.15, -0.1) is 0 Å². The lowest BCUT2D eigenvalue weighted by molar-refractivity contribution is 0.621. The normalized spacial score (nSPS) is 16.4. The van der Waals surface area contributed by atoms with Crippen LogP contribution < -0.4 is 11.1 Å². The van der Waals surface area contributed by atoms with Crippen LogP contribution in [0.25, 0.3) is 0 Å². The van der Waals surface area contributed by atoms with Gasteiger partial charge in [0.25, 0.3) is 0 Å². The molecule has 0 aromatic carbocycles. The van der Waals surface area contributed by atoms with Crippen LogP contribution >= 0.6 is 0 Å². The molecule has 4 nitrogen and oxygen atoms in total. The third-order valence-corrected chi connectivity index (χ3v) is 3.20. The molecule has 0 spiro atoms. The zero-order valence-electron chi connectivity index (χ0n) is 10.3. The minimum absolute atomic E-state index is 0.190. The third kappa shape index (κ3) is 2.75. The minimum atomic E-state index is 0.190. The number of rotatable bonds is 4. The first-order valence-corrected chi connectivity index (χ1v) is 5.99. The van der Waals surface area contributed by atoms with E-state index >= 15 is 0 Å². The van der Waals surface area contributed by atoms with E-state index in [1.807, 2.05) is 19.9 Å². The van der Waals surface area contributed by atoms with Crippen LogP contribution in [-0.4, -0.2) is 17.6 Å². The van der Waals surface area contributed by atoms with Crippen molar-refractivity contribution in [3.8, 4) is 6.07 Å². The Morgan fingerprint density at radius 1 is 1.59 bits per heavy atom. The first kappa shape index (κ1) is 11.9. The lowest BCUT2D eigenvalue weighted by Gasteiger charge is -2.14. The zero-order chi connectivity index (χ0) is 12.4. The van der Waals surface area contributed by atoms with Crippen molar-refractivity contribution in [1.29, 1.82) is 5.26 Å². The summed E-state index contributed by atoms with van der Waals surface area (Å²) in [6.07, 6.45) is 2.48. The van der Waals surface area contributed by atoms with Gasteiger partial charge >= 0.3 is 0 Å². The maximum absolute atomic E-state index is 9.12. The van der Waals surface area contributed by atoms with E-state index in [9.17, 15) is 0 Å². The average Bonchev–Trinajstić information content (AvgIpc) is 3.08. The standard InChI is InChI=1S/C13H18N4/c1-8-5-13(11(6-14)9(2)17-8)16-7-12(15)10-3-4-10/h5,10,12H,3-4,7,15H2,1-2H3,(H,16,17). The fourth-order valence-corrected chi connectivity index (χ4v) is 2.03. The van der Waals surface area contributed by atoms with E-state index < -0.39 is 0 Å². The third-order valence-electron chi connectivity index (χ3n) is 3.20. The summed E-state index contributed by atoms with van der Waals surface area (Å²) in [5.41, 5.74) is 9.21. The van der Waals surface area contributed by atoms with E-state index in [1.165, 1.54) is 12.8 Å². The molecule has 1 aromatic rings. The Bertz CT molecular complexity index is 457. The molecule has 1 unspecified atom stereocenters. The highest BCUT2D eigenvalue weighted by Gasteiger charge is 2.28. The molecular formula is C13H18N4. The van der Waals surface area contributed by atoms with E-state index in [0.717, 1.165) is 23.6 Å². The molecular weight excluding hydrogens is 212 g/mol. The van der Waals surface area contributed by atoms with Gasteiger partial charge in [-0.2, -0.15) is 5.26 Å². The summed E-state index contributed by atoms with van der Waals surface area (Å²) in [5, 5.41) is 12.4. The van der Waals surface area contributed by atoms with Crippen molar-refractivity contribution in [3.63, 3.8) is 0 Å². The van der Waals surface area contributed by atoms with E-state index in [1.54, 1.807) is 0 Å². The Kier molecular flexibility index (Phi) is 3.30. The van der Waals surface area contributed by atoms with Crippen molar-refractivity contribution < 1.29 is 0 Å². The highest BCUT2D eigenvalue weighted by molar-refractivity contribution is 5.59. The Labute approximate surface area is 102 Å². The van der Waals surface area contributed by atoms with Gasteiger partial charge in [-0.05, 0) is 38.7 Å². The van der Waals surface area contributed by atoms with Crippen LogP contribution in [0.5, 0.6) is 0 Å². The first-order chi connectivity index (χ1) is 8.11. The monoisotopic (exact) mass is 230 g/mol. The smallest absolute Gasteiger partial charge is 0.103 e. The minimum Gasteiger partial charge on any atom is -0.382 e. The predicted octanol–water partition coefficient (Wildman–Crippen LogP) is 1.72. The fraction of sp³-hybridized carbons (Fsp3) is 0.538. The summed E-state index contributed by atoms with van der Waals surface area (Å²) in [7, 11) is 0. The molecule has 1 aromatic heterocycles. The Morgan fingerprint density at radius 2 is 2.29 bits per heavy atom. The van der Waals surface area contributed by atoms with Crippen LogP contribution in [0.3, 0.4) is 0 Å². The largest absolute Gasteiger partial charge is 0.382 e. The summed E-state index contributed by atoms with van der Waals surface area (Å²) in [6, 6.07) is 4.29. The number of aromatic nitrogens is 1. The number of nitrogens with zero attached hydrogens (tertiary/aromatic N) is 2. The number of nitrogens with two attached hydrogens (primary N) is 1. The Hall–Kier alpha value is -1.60. The fourth-order valence-electron chi connectivity index (χ4n) is 2.03. The van der Waals surface area contributed by atoms with Gasteiger partial charge in [-0.1, -0.05) is 0 Å². The van der Waals surface area contributed by atoms with Crippen LogP contribution in [-0.2, 0) is 0 Å². The molecule has 1 saturated carbocycles. The number of hydrogen-bond acceptors (Lipinski definition) is 4. The van der Waals surface area contributed by atoms with Gasteiger partial charge in [0.2, 0.25) is 0 Å². The van der Waals surface area contributed by atoms with Crippen LogP contribution in [0.1, 0.15) is 29.8 Å². The van der Waals surface area contributed by atoms with Gasteiger partial charge in [-0.25, -0.2) is 0 Å². The van der Waals surface area contributed by atoms with Gasteiger partial charge in [-0.3, -0.25) is 4.98 Å². The van der Waals surface area contributed by atoms with Gasteiger partial charge in [0.1, 0.15) is 6.07 Å². The number of nitrogens with one attached hydrogen (secondary N) is 1. The van der Waals surface area contributed by atoms with Crippen molar-refractivity contribution in [1.82, 2.24) is 4.98 Å². The predicted molar refractivity (Wildman–Crippen MR) is 67.6 cm³/mol. The number of aryl methyl sites for hydroxylation is 2. The molecule has 90 valence electrons. The van der Waals surface area contributed by atoms with E-state index in [-0.39, 0.29) is 6.04 Å². The lowest BCUT2D eigenvalue weighted by Crippen LogP contribution is -2.31. The summed E-state index contributed by atoms with van der Waals surface area (Å²) >= 11 is 0. The molecule has 1 aliphatic carbocycles. The number of nitriles is 1. The highest BCUT2D eigenvalue weighted by Crippen LogP contribution is 2.31. The summed E-state index contributed by atoms with van der Waals surface area (Å²) < 4.78 is 0. The second-order valence-electron chi connectivity index (χ2n) is 4.77. The SMILES string of the molecule is Cc1cc(NCC(N)C2CC2)c(C#N)c(C)n1. The molecule has 17 heavy (non-hydrogen) atoms. The maximum atomic E-state index is 9.12. The lowest BCUT2D eigenvalue weighted by atomic mass is 10.1. The van der Waals surface area contributed by atoms with E-state index in [0.29, 0.717) is 11.5 Å². The molecule has 4 heteroatoms. The molecule has 3 N–H and O–H groups in total.